The lowest BCUT2D eigenvalue weighted by molar-refractivity contribution is -0.276. The molecule has 1 aromatic rings. The number of hydrogen-bond donors (Lipinski definition) is 0. The first-order valence-electron chi connectivity index (χ1n) is 3.29. The zero-order valence-corrected chi connectivity index (χ0v) is 6.51. The Bertz CT molecular complexity index is 350. The Morgan fingerprint density at radius 2 is 2.07 bits per heavy atom. The lowest BCUT2D eigenvalue weighted by Gasteiger charge is -2.07. The topological polar surface area (TPSA) is 39.2 Å². The fourth-order valence-electron chi connectivity index (χ4n) is 0.685. The Labute approximate surface area is 75.3 Å². The van der Waals surface area contributed by atoms with Crippen LogP contribution in [-0.2, 0) is 0 Å². The van der Waals surface area contributed by atoms with Crippen molar-refractivity contribution in [1.29, 1.82) is 0 Å². The molecule has 0 unspecified atom stereocenters. The van der Waals surface area contributed by atoms with Crippen LogP contribution in [0.25, 0.3) is 0 Å². The first kappa shape index (κ1) is 10.4. The van der Waals surface area contributed by atoms with Crippen molar-refractivity contribution in [2.45, 2.75) is 6.36 Å². The normalized spacial score (nSPS) is 11.1. The molecule has 0 spiro atoms. The van der Waals surface area contributed by atoms with Crippen LogP contribution in [0.4, 0.5) is 17.6 Å². The highest BCUT2D eigenvalue weighted by Crippen LogP contribution is 2.21. The van der Waals surface area contributed by atoms with Crippen LogP contribution in [0.15, 0.2) is 12.3 Å². The van der Waals surface area contributed by atoms with E-state index in [-0.39, 0.29) is 6.29 Å². The molecule has 1 heterocycles. The van der Waals surface area contributed by atoms with Crippen LogP contribution >= 0.6 is 0 Å². The fourth-order valence-corrected chi connectivity index (χ4v) is 0.685. The average molecular weight is 209 g/mol. The maximum Gasteiger partial charge on any atom is 0.574 e. The van der Waals surface area contributed by atoms with Crippen molar-refractivity contribution in [2.24, 2.45) is 0 Å². The Hall–Kier alpha value is -1.66. The van der Waals surface area contributed by atoms with E-state index >= 15 is 0 Å². The minimum Gasteiger partial charge on any atom is -0.388 e. The van der Waals surface area contributed by atoms with Gasteiger partial charge in [0.2, 0.25) is 5.88 Å². The van der Waals surface area contributed by atoms with Gasteiger partial charge in [0.25, 0.3) is 0 Å². The maximum absolute atomic E-state index is 12.7. The second-order valence-electron chi connectivity index (χ2n) is 2.21. The molecule has 0 atom stereocenters. The third-order valence-corrected chi connectivity index (χ3v) is 1.20. The monoisotopic (exact) mass is 209 g/mol. The third-order valence-electron chi connectivity index (χ3n) is 1.20. The summed E-state index contributed by atoms with van der Waals surface area (Å²) < 4.78 is 50.8. The quantitative estimate of drug-likeness (QED) is 0.551. The van der Waals surface area contributed by atoms with Crippen LogP contribution < -0.4 is 4.74 Å². The van der Waals surface area contributed by atoms with E-state index in [1.165, 1.54) is 0 Å². The highest BCUT2D eigenvalue weighted by molar-refractivity contribution is 5.74. The first-order valence-corrected chi connectivity index (χ1v) is 3.29. The second kappa shape index (κ2) is 3.60. The fraction of sp³-hybridized carbons (Fsp3) is 0.143. The van der Waals surface area contributed by atoms with E-state index in [0.29, 0.717) is 12.3 Å². The molecule has 0 fully saturated rings. The zero-order valence-electron chi connectivity index (χ0n) is 6.51. The van der Waals surface area contributed by atoms with Crippen LogP contribution in [0.3, 0.4) is 0 Å². The van der Waals surface area contributed by atoms with Crippen LogP contribution in [0.2, 0.25) is 0 Å². The molecule has 1 rings (SSSR count). The molecule has 0 aliphatic heterocycles. The molecule has 0 aliphatic rings. The van der Waals surface area contributed by atoms with Crippen molar-refractivity contribution < 1.29 is 27.1 Å². The predicted molar refractivity (Wildman–Crippen MR) is 36.3 cm³/mol. The van der Waals surface area contributed by atoms with Gasteiger partial charge < -0.3 is 4.74 Å². The van der Waals surface area contributed by atoms with Gasteiger partial charge in [-0.2, -0.15) is 0 Å². The van der Waals surface area contributed by atoms with Crippen LogP contribution in [0, 0.1) is 5.82 Å². The molecule has 0 saturated carbocycles. The van der Waals surface area contributed by atoms with Crippen molar-refractivity contribution >= 4 is 6.29 Å². The molecule has 0 aliphatic carbocycles. The molecule has 0 amide bonds. The zero-order chi connectivity index (χ0) is 10.8. The molecule has 76 valence electrons. The number of halogens is 4. The van der Waals surface area contributed by atoms with Crippen molar-refractivity contribution in [3.63, 3.8) is 0 Å². The first-order chi connectivity index (χ1) is 6.42. The van der Waals surface area contributed by atoms with Gasteiger partial charge in [0.1, 0.15) is 5.82 Å². The van der Waals surface area contributed by atoms with Crippen LogP contribution in [0.5, 0.6) is 5.88 Å². The number of rotatable bonds is 2. The number of nitrogens with zero attached hydrogens (tertiary/aromatic N) is 1. The summed E-state index contributed by atoms with van der Waals surface area (Å²) in [5, 5.41) is 0. The highest BCUT2D eigenvalue weighted by Gasteiger charge is 2.32. The molecular weight excluding hydrogens is 206 g/mol. The Morgan fingerprint density at radius 1 is 1.43 bits per heavy atom. The van der Waals surface area contributed by atoms with E-state index < -0.39 is 23.6 Å². The molecule has 0 saturated heterocycles. The molecule has 3 nitrogen and oxygen atoms in total. The van der Waals surface area contributed by atoms with E-state index in [1.54, 1.807) is 0 Å². The Balaban J connectivity index is 2.92. The molecule has 0 N–H and O–H groups in total. The smallest absolute Gasteiger partial charge is 0.388 e. The van der Waals surface area contributed by atoms with Gasteiger partial charge in [-0.05, 0) is 0 Å². The number of hydrogen-bond acceptors (Lipinski definition) is 3. The van der Waals surface area contributed by atoms with Gasteiger partial charge >= 0.3 is 6.36 Å². The summed E-state index contributed by atoms with van der Waals surface area (Å²) in [5.74, 6) is -2.06. The summed E-state index contributed by atoms with van der Waals surface area (Å²) in [6, 6.07) is 0.386. The van der Waals surface area contributed by atoms with Gasteiger partial charge in [-0.1, -0.05) is 0 Å². The van der Waals surface area contributed by atoms with Gasteiger partial charge in [0.15, 0.2) is 6.29 Å². The van der Waals surface area contributed by atoms with Crippen LogP contribution in [-0.4, -0.2) is 17.6 Å². The van der Waals surface area contributed by atoms with Gasteiger partial charge in [-0.15, -0.1) is 13.2 Å². The number of alkyl halides is 3. The minimum atomic E-state index is -4.93. The number of ether oxygens (including phenoxy) is 1. The summed E-state index contributed by atoms with van der Waals surface area (Å²) in [5.41, 5.74) is -0.431. The van der Waals surface area contributed by atoms with Crippen molar-refractivity contribution in [1.82, 2.24) is 4.98 Å². The highest BCUT2D eigenvalue weighted by atomic mass is 19.4. The Kier molecular flexibility index (Phi) is 2.68. The average Bonchev–Trinajstić information content (AvgIpc) is 2.01. The van der Waals surface area contributed by atoms with Gasteiger partial charge in [-0.3, -0.25) is 4.79 Å². The third kappa shape index (κ3) is 2.68. The van der Waals surface area contributed by atoms with E-state index in [2.05, 4.69) is 9.72 Å². The number of aldehydes is 1. The molecule has 0 bridgehead atoms. The summed E-state index contributed by atoms with van der Waals surface area (Å²) in [7, 11) is 0. The van der Waals surface area contributed by atoms with E-state index in [4.69, 9.17) is 0 Å². The van der Waals surface area contributed by atoms with E-state index in [0.717, 1.165) is 0 Å². The molecule has 14 heavy (non-hydrogen) atoms. The van der Waals surface area contributed by atoms with Gasteiger partial charge in [0.05, 0.1) is 5.56 Å². The van der Waals surface area contributed by atoms with E-state index in [9.17, 15) is 22.4 Å². The number of pyridine rings is 1. The summed E-state index contributed by atoms with van der Waals surface area (Å²) >= 11 is 0. The lowest BCUT2D eigenvalue weighted by atomic mass is 10.3. The summed E-state index contributed by atoms with van der Waals surface area (Å²) in [6.07, 6.45) is -4.13. The minimum absolute atomic E-state index is 0.139. The maximum atomic E-state index is 12.7. The predicted octanol–water partition coefficient (Wildman–Crippen LogP) is 1.93. The van der Waals surface area contributed by atoms with Crippen molar-refractivity contribution in [3.8, 4) is 5.88 Å². The molecule has 7 heteroatoms. The number of aromatic nitrogens is 1. The van der Waals surface area contributed by atoms with Crippen molar-refractivity contribution in [2.75, 3.05) is 0 Å². The SMILES string of the molecule is O=Cc1cnc(OC(F)(F)F)cc1F. The lowest BCUT2D eigenvalue weighted by Crippen LogP contribution is -2.18. The van der Waals surface area contributed by atoms with Gasteiger partial charge in [-0.25, -0.2) is 9.37 Å². The van der Waals surface area contributed by atoms with Crippen molar-refractivity contribution in [3.05, 3.63) is 23.6 Å². The number of carbonyl (C=O) groups is 1. The molecular formula is C7H3F4NO2. The van der Waals surface area contributed by atoms with Gasteiger partial charge in [0, 0.05) is 12.3 Å². The Morgan fingerprint density at radius 3 is 2.50 bits per heavy atom. The molecule has 1 aromatic heterocycles. The summed E-state index contributed by atoms with van der Waals surface area (Å²) in [4.78, 5) is 13.2. The molecule has 0 aromatic carbocycles. The van der Waals surface area contributed by atoms with Crippen LogP contribution in [0.1, 0.15) is 10.4 Å². The largest absolute Gasteiger partial charge is 0.574 e. The molecule has 0 radical (unpaired) electrons. The second-order valence-corrected chi connectivity index (χ2v) is 2.21. The number of carbonyl (C=O) groups excluding carboxylic acids is 1. The standard InChI is InChI=1S/C7H3F4NO2/c8-5-1-6(14-7(9,10)11)12-2-4(5)3-13/h1-3H. The van der Waals surface area contributed by atoms with E-state index in [1.807, 2.05) is 0 Å². The summed E-state index contributed by atoms with van der Waals surface area (Å²) in [6.45, 7) is 0.